The van der Waals surface area contributed by atoms with Crippen molar-refractivity contribution in [2.24, 2.45) is 11.8 Å². The predicted molar refractivity (Wildman–Crippen MR) is 319 cm³/mol. The molecule has 6 aliphatic rings. The number of hydrogen-bond acceptors (Lipinski definition) is 26. The van der Waals surface area contributed by atoms with E-state index in [0.29, 0.717) is 37.7 Å². The summed E-state index contributed by atoms with van der Waals surface area (Å²) >= 11 is 0. The van der Waals surface area contributed by atoms with Gasteiger partial charge in [0.25, 0.3) is 0 Å². The third-order valence-corrected chi connectivity index (χ3v) is 18.2. The van der Waals surface area contributed by atoms with E-state index in [4.69, 9.17) is 66.3 Å². The van der Waals surface area contributed by atoms with Gasteiger partial charge in [-0.2, -0.15) is 0 Å². The summed E-state index contributed by atoms with van der Waals surface area (Å²) in [6.07, 6.45) is -27.9. The third kappa shape index (κ3) is 19.6. The molecule has 0 radical (unpaired) electrons. The highest BCUT2D eigenvalue weighted by atomic mass is 16.8. The molecule has 8 N–H and O–H groups in total. The van der Waals surface area contributed by atoms with Gasteiger partial charge in [0, 0.05) is 12.5 Å². The first-order valence-electron chi connectivity index (χ1n) is 33.0. The Kier molecular flexibility index (Phi) is 29.3. The van der Waals surface area contributed by atoms with Gasteiger partial charge in [0.2, 0.25) is 0 Å². The molecule has 6 fully saturated rings. The van der Waals surface area contributed by atoms with Gasteiger partial charge in [0.05, 0.1) is 49.0 Å². The van der Waals surface area contributed by atoms with Gasteiger partial charge in [0.15, 0.2) is 55.9 Å². The molecule has 0 aromatic heterocycles. The summed E-state index contributed by atoms with van der Waals surface area (Å²) in [4.78, 5) is 55.4. The van der Waals surface area contributed by atoms with Gasteiger partial charge in [-0.25, -0.2) is 4.79 Å². The van der Waals surface area contributed by atoms with Crippen LogP contribution in [0.4, 0.5) is 0 Å². The maximum Gasteiger partial charge on any atom is 0.331 e. The molecule has 1 aromatic rings. The lowest BCUT2D eigenvalue weighted by molar-refractivity contribution is -0.400. The zero-order chi connectivity index (χ0) is 66.2. The topological polar surface area (TPSA) is 359 Å². The van der Waals surface area contributed by atoms with Crippen molar-refractivity contribution in [2.75, 3.05) is 6.61 Å². The molecule has 1 aromatic carbocycles. The lowest BCUT2D eigenvalue weighted by atomic mass is 9.95. The van der Waals surface area contributed by atoms with Crippen molar-refractivity contribution in [2.45, 2.75) is 318 Å². The number of aliphatic hydroxyl groups excluding tert-OH is 8. The smallest absolute Gasteiger partial charge is 0.331 e. The number of unbranched alkanes of at least 4 members (excludes halogenated alkanes) is 2. The van der Waals surface area contributed by atoms with Crippen LogP contribution in [0.2, 0.25) is 0 Å². The van der Waals surface area contributed by atoms with E-state index in [-0.39, 0.29) is 18.9 Å². The average molecular weight is 1300 g/mol. The lowest BCUT2D eigenvalue weighted by Crippen LogP contribution is -2.68. The second-order valence-corrected chi connectivity index (χ2v) is 25.2. The predicted octanol–water partition coefficient (Wildman–Crippen LogP) is 3.69. The standard InChI is InChI=1S/C65H102O26/c1-10-13-20-27-40-28-23-17-15-14-16-18-24-29-42(67)84-55-50(75)63(90-56-47(72)44(69)35(6)78-64(56)82-40)80-37(8)52(55)89-65-58(87-60(77)34(5)12-3)57(91-61-48(73)46(71)45(70)41(32-66)83-61)53(38(9)81-65)88-62-49(74)54(51(36(7)79-62)86-59(76)33(4)11-2)85-43(68)31-30-39-25-21-19-22-26-39/h19,21-22,25-26,30-31,33-38,40-41,44-58,61-66,69-75H,10-18,20,23-24,27-29,32H2,1-9H3/b31-30+/t33-,34-,35+,36-,37-,38-,40-,41+,44-,45+,46-,47-,48+,49+,50+,51-,52-,53-,54-,55-,56+,57+,58+,61-,62-,63-,64-,65-/m0/s1. The summed E-state index contributed by atoms with van der Waals surface area (Å²) in [6, 6.07) is 8.82. The van der Waals surface area contributed by atoms with E-state index in [1.54, 1.807) is 65.0 Å². The molecular weight excluding hydrogens is 1200 g/mol. The quantitative estimate of drug-likeness (QED) is 0.0399. The first-order valence-corrected chi connectivity index (χ1v) is 33.0. The van der Waals surface area contributed by atoms with Crippen LogP contribution in [0.5, 0.6) is 0 Å². The maximum atomic E-state index is 14.3. The van der Waals surface area contributed by atoms with Gasteiger partial charge < -0.3 is 107 Å². The summed E-state index contributed by atoms with van der Waals surface area (Å²) in [7, 11) is 0. The minimum Gasteiger partial charge on any atom is -0.456 e. The van der Waals surface area contributed by atoms with Crippen LogP contribution in [0.3, 0.4) is 0 Å². The fraction of sp³-hybridized carbons (Fsp3) is 0.815. The molecule has 26 nitrogen and oxygen atoms in total. The Morgan fingerprint density at radius 3 is 1.78 bits per heavy atom. The lowest BCUT2D eigenvalue weighted by Gasteiger charge is -2.51. The summed E-state index contributed by atoms with van der Waals surface area (Å²) in [5, 5.41) is 91.6. The SMILES string of the molecule is CCCCC[C@H]1CCCCCCCCCC(=O)O[C@H]2[C@@H](O)[C@H](O[C@H]3[C@H](O1)O[C@H](C)[C@H](O)[C@@H]3O)O[C@@H](C)[C@@H]2O[C@@H]1O[C@@H](C)[C@H](O[C@@H]2O[C@@H](C)[C@H](OC(=O)[C@@H](C)CC)[C@@H](OC(=O)/C=C/c3ccccc3)[C@H]2O)[C@@H](O[C@@H]2O[C@H](CO)[C@@H](O)[C@H](O)[C@H]2O)[C@H]1OC(=O)[C@@H](C)CC. The number of benzene rings is 1. The van der Waals surface area contributed by atoms with Crippen LogP contribution in [-0.2, 0) is 85.5 Å². The normalized spacial score (nSPS) is 40.6. The Balaban J connectivity index is 1.26. The Bertz CT molecular complexity index is 2400. The molecule has 6 heterocycles. The molecule has 0 unspecified atom stereocenters. The highest BCUT2D eigenvalue weighted by molar-refractivity contribution is 5.87. The Morgan fingerprint density at radius 2 is 1.12 bits per heavy atom. The highest BCUT2D eigenvalue weighted by Gasteiger charge is 2.59. The summed E-state index contributed by atoms with van der Waals surface area (Å²) < 4.78 is 88.7. The molecule has 0 saturated carbocycles. The van der Waals surface area contributed by atoms with Crippen LogP contribution >= 0.6 is 0 Å². The molecule has 28 atom stereocenters. The Labute approximate surface area is 533 Å². The van der Waals surface area contributed by atoms with E-state index < -0.39 is 196 Å². The fourth-order valence-corrected chi connectivity index (χ4v) is 12.0. The van der Waals surface area contributed by atoms with Crippen molar-refractivity contribution in [3.8, 4) is 0 Å². The zero-order valence-electron chi connectivity index (χ0n) is 53.9. The van der Waals surface area contributed by atoms with Crippen molar-refractivity contribution >= 4 is 30.0 Å². The van der Waals surface area contributed by atoms with E-state index in [1.165, 1.54) is 26.8 Å². The molecular formula is C65H102O26. The number of fused-ring (bicyclic) bond motifs is 3. The van der Waals surface area contributed by atoms with Crippen LogP contribution in [0.15, 0.2) is 36.4 Å². The largest absolute Gasteiger partial charge is 0.456 e. The van der Waals surface area contributed by atoms with Crippen molar-refractivity contribution in [1.82, 2.24) is 0 Å². The molecule has 0 amide bonds. The maximum absolute atomic E-state index is 14.3. The Hall–Kier alpha value is -3.88. The van der Waals surface area contributed by atoms with E-state index in [9.17, 15) is 60.0 Å². The first kappa shape index (κ1) is 74.5. The number of rotatable bonds is 20. The fourth-order valence-electron chi connectivity index (χ4n) is 12.0. The van der Waals surface area contributed by atoms with Crippen LogP contribution in [0, 0.1) is 11.8 Å². The molecule has 91 heavy (non-hydrogen) atoms. The van der Waals surface area contributed by atoms with Crippen LogP contribution in [0.1, 0.15) is 164 Å². The van der Waals surface area contributed by atoms with E-state index in [1.807, 2.05) is 0 Å². The van der Waals surface area contributed by atoms with Crippen LogP contribution < -0.4 is 0 Å². The van der Waals surface area contributed by atoms with Crippen LogP contribution in [0.25, 0.3) is 6.08 Å². The summed E-state index contributed by atoms with van der Waals surface area (Å²) in [5.74, 6) is -4.62. The molecule has 2 bridgehead atoms. The minimum atomic E-state index is -2.06. The molecule has 6 aliphatic heterocycles. The van der Waals surface area contributed by atoms with Crippen molar-refractivity contribution in [3.63, 3.8) is 0 Å². The second kappa shape index (κ2) is 35.7. The monoisotopic (exact) mass is 1300 g/mol. The Morgan fingerprint density at radius 1 is 0.538 bits per heavy atom. The number of esters is 4. The average Bonchev–Trinajstić information content (AvgIpc) is 0.807. The van der Waals surface area contributed by atoms with Crippen molar-refractivity contribution in [3.05, 3.63) is 42.0 Å². The van der Waals surface area contributed by atoms with Crippen LogP contribution in [-0.4, -0.2) is 231 Å². The van der Waals surface area contributed by atoms with E-state index in [2.05, 4.69) is 6.92 Å². The minimum absolute atomic E-state index is 0.0648. The van der Waals surface area contributed by atoms with Gasteiger partial charge in [-0.05, 0) is 71.4 Å². The number of carbonyl (C=O) groups excluding carboxylic acids is 4. The second-order valence-electron chi connectivity index (χ2n) is 25.2. The molecule has 0 aliphatic carbocycles. The first-order chi connectivity index (χ1) is 43.5. The van der Waals surface area contributed by atoms with E-state index in [0.717, 1.165) is 57.4 Å². The van der Waals surface area contributed by atoms with Crippen molar-refractivity contribution < 1.29 is 126 Å². The molecule has 6 saturated heterocycles. The van der Waals surface area contributed by atoms with Gasteiger partial charge in [-0.1, -0.05) is 123 Å². The number of ether oxygens (including phenoxy) is 14. The van der Waals surface area contributed by atoms with Gasteiger partial charge >= 0.3 is 23.9 Å². The number of aliphatic hydroxyl groups is 8. The molecule has 26 heteroatoms. The summed E-state index contributed by atoms with van der Waals surface area (Å²) in [5.41, 5.74) is 0.648. The molecule has 518 valence electrons. The number of hydrogen-bond donors (Lipinski definition) is 8. The van der Waals surface area contributed by atoms with Crippen molar-refractivity contribution in [1.29, 1.82) is 0 Å². The summed E-state index contributed by atoms with van der Waals surface area (Å²) in [6.45, 7) is 14.0. The molecule has 7 rings (SSSR count). The van der Waals surface area contributed by atoms with Gasteiger partial charge in [-0.15, -0.1) is 0 Å². The van der Waals surface area contributed by atoms with Gasteiger partial charge in [0.1, 0.15) is 73.2 Å². The zero-order valence-corrected chi connectivity index (χ0v) is 53.9. The third-order valence-electron chi connectivity index (χ3n) is 18.2. The van der Waals surface area contributed by atoms with E-state index >= 15 is 0 Å². The molecule has 0 spiro atoms. The highest BCUT2D eigenvalue weighted by Crippen LogP contribution is 2.40. The number of carbonyl (C=O) groups is 4. The van der Waals surface area contributed by atoms with Gasteiger partial charge in [-0.3, -0.25) is 14.4 Å².